The van der Waals surface area contributed by atoms with E-state index in [4.69, 9.17) is 0 Å². The zero-order chi connectivity index (χ0) is 14.9. The maximum atomic E-state index is 12.5. The summed E-state index contributed by atoms with van der Waals surface area (Å²) in [5.74, 6) is -1.39. The number of pyridine rings is 1. The van der Waals surface area contributed by atoms with E-state index in [1.807, 2.05) is 6.07 Å². The normalized spacial score (nSPS) is 11.3. The van der Waals surface area contributed by atoms with Crippen LogP contribution in [0.5, 0.6) is 0 Å². The van der Waals surface area contributed by atoms with E-state index in [2.05, 4.69) is 4.98 Å². The van der Waals surface area contributed by atoms with Gasteiger partial charge >= 0.3 is 5.97 Å². The Morgan fingerprint density at radius 3 is 2.55 bits per heavy atom. The highest BCUT2D eigenvalue weighted by molar-refractivity contribution is 6.07. The molecule has 2 aromatic rings. The van der Waals surface area contributed by atoms with Crippen LogP contribution >= 0.6 is 0 Å². The first-order valence-corrected chi connectivity index (χ1v) is 6.21. The van der Waals surface area contributed by atoms with Crippen molar-refractivity contribution < 1.29 is 14.7 Å². The molecule has 0 fully saturated rings. The molecule has 0 aliphatic heterocycles. The zero-order valence-electron chi connectivity index (χ0n) is 11.6. The summed E-state index contributed by atoms with van der Waals surface area (Å²) < 4.78 is 0. The van der Waals surface area contributed by atoms with Crippen molar-refractivity contribution in [3.05, 3.63) is 42.1 Å². The molecular weight excluding hydrogens is 256 g/mol. The van der Waals surface area contributed by atoms with E-state index in [-0.39, 0.29) is 5.91 Å². The highest BCUT2D eigenvalue weighted by Crippen LogP contribution is 2.21. The van der Waals surface area contributed by atoms with E-state index >= 15 is 0 Å². The van der Waals surface area contributed by atoms with Crippen LogP contribution in [0.4, 0.5) is 0 Å². The fraction of sp³-hybridized carbons (Fsp3) is 0.267. The summed E-state index contributed by atoms with van der Waals surface area (Å²) >= 11 is 0. The molecule has 0 radical (unpaired) electrons. The van der Waals surface area contributed by atoms with Crippen molar-refractivity contribution in [1.82, 2.24) is 9.88 Å². The molecule has 1 N–H and O–H groups in total. The monoisotopic (exact) mass is 272 g/mol. The number of aliphatic carboxylic acids is 1. The van der Waals surface area contributed by atoms with Gasteiger partial charge in [-0.05, 0) is 32.0 Å². The first-order chi connectivity index (χ1) is 9.35. The molecule has 0 bridgehead atoms. The number of hydrogen-bond donors (Lipinski definition) is 1. The minimum Gasteiger partial charge on any atom is -0.480 e. The molecule has 0 saturated carbocycles. The van der Waals surface area contributed by atoms with Crippen LogP contribution in [0.25, 0.3) is 10.9 Å². The number of nitrogens with zero attached hydrogens (tertiary/aromatic N) is 2. The summed E-state index contributed by atoms with van der Waals surface area (Å²) in [5, 5.41) is 9.93. The highest BCUT2D eigenvalue weighted by atomic mass is 16.4. The third-order valence-corrected chi connectivity index (χ3v) is 3.54. The summed E-state index contributed by atoms with van der Waals surface area (Å²) in [5.41, 5.74) is -0.117. The molecular formula is C15H16N2O3. The molecule has 5 heteroatoms. The number of amides is 1. The van der Waals surface area contributed by atoms with E-state index in [0.717, 1.165) is 0 Å². The van der Waals surface area contributed by atoms with Crippen LogP contribution < -0.4 is 0 Å². The summed E-state index contributed by atoms with van der Waals surface area (Å²) in [6.07, 6.45) is 1.65. The van der Waals surface area contributed by atoms with Gasteiger partial charge in [-0.25, -0.2) is 4.79 Å². The van der Waals surface area contributed by atoms with Crippen LogP contribution in [0.1, 0.15) is 24.2 Å². The molecule has 0 spiro atoms. The first kappa shape index (κ1) is 14.0. The minimum atomic E-state index is -1.28. The number of carboxylic acids is 1. The summed E-state index contributed by atoms with van der Waals surface area (Å²) in [6.45, 7) is 2.99. The fourth-order valence-corrected chi connectivity index (χ4v) is 1.87. The van der Waals surface area contributed by atoms with E-state index in [9.17, 15) is 14.7 Å². The molecule has 1 aromatic carbocycles. The Kier molecular flexibility index (Phi) is 3.44. The molecule has 0 saturated heterocycles. The van der Waals surface area contributed by atoms with Crippen LogP contribution in [0, 0.1) is 0 Å². The van der Waals surface area contributed by atoms with Gasteiger partial charge in [-0.2, -0.15) is 0 Å². The molecule has 0 unspecified atom stereocenters. The third kappa shape index (κ3) is 2.22. The Morgan fingerprint density at radius 1 is 1.20 bits per heavy atom. The van der Waals surface area contributed by atoms with Crippen molar-refractivity contribution in [2.24, 2.45) is 0 Å². The first-order valence-electron chi connectivity index (χ1n) is 6.21. The zero-order valence-corrected chi connectivity index (χ0v) is 11.6. The van der Waals surface area contributed by atoms with Gasteiger partial charge in [0.1, 0.15) is 5.54 Å². The number of rotatable bonds is 3. The van der Waals surface area contributed by atoms with Crippen LogP contribution in [0.3, 0.4) is 0 Å². The smallest absolute Gasteiger partial charge is 0.329 e. The largest absolute Gasteiger partial charge is 0.480 e. The number of carboxylic acid groups (broad SMARTS) is 1. The quantitative estimate of drug-likeness (QED) is 0.929. The van der Waals surface area contributed by atoms with Crippen molar-refractivity contribution in [3.63, 3.8) is 0 Å². The van der Waals surface area contributed by atoms with Crippen LogP contribution in [0.2, 0.25) is 0 Å². The lowest BCUT2D eigenvalue weighted by Crippen LogP contribution is -2.50. The summed E-state index contributed by atoms with van der Waals surface area (Å²) in [4.78, 5) is 29.2. The molecule has 5 nitrogen and oxygen atoms in total. The second-order valence-electron chi connectivity index (χ2n) is 5.10. The van der Waals surface area contributed by atoms with E-state index < -0.39 is 11.5 Å². The fourth-order valence-electron chi connectivity index (χ4n) is 1.87. The number of fused-ring (bicyclic) bond motifs is 1. The number of benzene rings is 1. The molecule has 0 atom stereocenters. The average molecular weight is 272 g/mol. The molecule has 1 amide bonds. The van der Waals surface area contributed by atoms with Gasteiger partial charge in [0, 0.05) is 24.2 Å². The topological polar surface area (TPSA) is 70.5 Å². The van der Waals surface area contributed by atoms with Crippen molar-refractivity contribution >= 4 is 22.8 Å². The summed E-state index contributed by atoms with van der Waals surface area (Å²) in [6, 6.07) is 8.79. The van der Waals surface area contributed by atoms with Crippen molar-refractivity contribution in [3.8, 4) is 0 Å². The second kappa shape index (κ2) is 4.92. The van der Waals surface area contributed by atoms with Crippen molar-refractivity contribution in [1.29, 1.82) is 0 Å². The van der Waals surface area contributed by atoms with Crippen molar-refractivity contribution in [2.75, 3.05) is 7.05 Å². The average Bonchev–Trinajstić information content (AvgIpc) is 2.44. The lowest BCUT2D eigenvalue weighted by Gasteiger charge is -2.31. The number of carbonyl (C=O) groups excluding carboxylic acids is 1. The summed E-state index contributed by atoms with van der Waals surface area (Å²) in [7, 11) is 1.49. The molecule has 0 aliphatic carbocycles. The van der Waals surface area contributed by atoms with Gasteiger partial charge in [-0.3, -0.25) is 9.78 Å². The highest BCUT2D eigenvalue weighted by Gasteiger charge is 2.35. The Morgan fingerprint density at radius 2 is 1.90 bits per heavy atom. The maximum Gasteiger partial charge on any atom is 0.329 e. The molecule has 2 rings (SSSR count). The standard InChI is InChI=1S/C15H16N2O3/c1-15(2,14(19)20)17(3)13(18)11-6-4-8-12-10(11)7-5-9-16-12/h4-9H,1-3H3,(H,19,20). The Hall–Kier alpha value is -2.43. The molecule has 104 valence electrons. The molecule has 20 heavy (non-hydrogen) atoms. The van der Waals surface area contributed by atoms with Crippen LogP contribution in [0.15, 0.2) is 36.5 Å². The van der Waals surface area contributed by atoms with Crippen molar-refractivity contribution in [2.45, 2.75) is 19.4 Å². The lowest BCUT2D eigenvalue weighted by molar-refractivity contribution is -0.147. The molecule has 1 heterocycles. The van der Waals surface area contributed by atoms with Crippen LogP contribution in [-0.2, 0) is 4.79 Å². The van der Waals surface area contributed by atoms with E-state index in [1.54, 1.807) is 30.5 Å². The number of aromatic nitrogens is 1. The predicted octanol–water partition coefficient (Wildman–Crippen LogP) is 2.17. The van der Waals surface area contributed by atoms with Gasteiger partial charge in [0.05, 0.1) is 5.52 Å². The van der Waals surface area contributed by atoms with Crippen LogP contribution in [-0.4, -0.2) is 39.5 Å². The number of likely N-dealkylation sites (N-methyl/N-ethyl adjacent to an activating group) is 1. The number of carbonyl (C=O) groups is 2. The van der Waals surface area contributed by atoms with Gasteiger partial charge in [0.25, 0.3) is 5.91 Å². The minimum absolute atomic E-state index is 0.337. The Bertz CT molecular complexity index is 674. The number of hydrogen-bond acceptors (Lipinski definition) is 3. The molecule has 1 aromatic heterocycles. The van der Waals surface area contributed by atoms with Gasteiger partial charge in [0.15, 0.2) is 0 Å². The lowest BCUT2D eigenvalue weighted by atomic mass is 10.0. The predicted molar refractivity (Wildman–Crippen MR) is 75.6 cm³/mol. The van der Waals surface area contributed by atoms with Gasteiger partial charge in [-0.15, -0.1) is 0 Å². The Balaban J connectivity index is 2.49. The van der Waals surface area contributed by atoms with Gasteiger partial charge in [0.2, 0.25) is 0 Å². The molecule has 0 aliphatic rings. The van der Waals surface area contributed by atoms with E-state index in [0.29, 0.717) is 16.5 Å². The van der Waals surface area contributed by atoms with Gasteiger partial charge < -0.3 is 10.0 Å². The SMILES string of the molecule is CN(C(=O)c1cccc2ncccc12)C(C)(C)C(=O)O. The second-order valence-corrected chi connectivity index (χ2v) is 5.10. The third-order valence-electron chi connectivity index (χ3n) is 3.54. The Labute approximate surface area is 116 Å². The van der Waals surface area contributed by atoms with E-state index in [1.165, 1.54) is 25.8 Å². The maximum absolute atomic E-state index is 12.5. The van der Waals surface area contributed by atoms with Gasteiger partial charge in [-0.1, -0.05) is 12.1 Å².